The molecule has 92 valence electrons. The second-order valence-corrected chi connectivity index (χ2v) is 5.03. The summed E-state index contributed by atoms with van der Waals surface area (Å²) in [4.78, 5) is 17.5. The van der Waals surface area contributed by atoms with Crippen LogP contribution in [-0.2, 0) is 11.3 Å². The van der Waals surface area contributed by atoms with Crippen molar-refractivity contribution < 1.29 is 4.79 Å². The average Bonchev–Trinajstić information content (AvgIpc) is 2.33. The minimum absolute atomic E-state index is 0.443. The zero-order valence-electron chi connectivity index (χ0n) is 10.4. The van der Waals surface area contributed by atoms with Crippen molar-refractivity contribution in [2.24, 2.45) is 5.92 Å². The molecule has 1 fully saturated rings. The van der Waals surface area contributed by atoms with Gasteiger partial charge in [-0.05, 0) is 43.5 Å². The molecule has 3 heteroatoms. The molecule has 0 unspecified atom stereocenters. The molecule has 1 saturated carbocycles. The maximum absolute atomic E-state index is 11.2. The van der Waals surface area contributed by atoms with Crippen molar-refractivity contribution in [3.63, 3.8) is 0 Å². The fraction of sp³-hybridized carbons (Fsp3) is 0.571. The van der Waals surface area contributed by atoms with E-state index in [2.05, 4.69) is 29.1 Å². The van der Waals surface area contributed by atoms with Crippen molar-refractivity contribution in [1.29, 1.82) is 0 Å². The fourth-order valence-electron chi connectivity index (χ4n) is 2.49. The molecule has 3 nitrogen and oxygen atoms in total. The van der Waals surface area contributed by atoms with Gasteiger partial charge < -0.3 is 4.90 Å². The zero-order chi connectivity index (χ0) is 12.1. The van der Waals surface area contributed by atoms with Crippen molar-refractivity contribution in [2.75, 3.05) is 13.6 Å². The lowest BCUT2D eigenvalue weighted by Crippen LogP contribution is -2.28. The van der Waals surface area contributed by atoms with E-state index in [1.807, 2.05) is 12.4 Å². The Morgan fingerprint density at radius 3 is 2.59 bits per heavy atom. The first-order valence-corrected chi connectivity index (χ1v) is 6.33. The van der Waals surface area contributed by atoms with Crippen LogP contribution >= 0.6 is 0 Å². The van der Waals surface area contributed by atoms with E-state index in [1.165, 1.54) is 5.56 Å². The number of ketones is 1. The summed E-state index contributed by atoms with van der Waals surface area (Å²) < 4.78 is 0. The Kier molecular flexibility index (Phi) is 4.26. The minimum Gasteiger partial charge on any atom is -0.302 e. The van der Waals surface area contributed by atoms with Crippen LogP contribution in [0.4, 0.5) is 0 Å². The summed E-state index contributed by atoms with van der Waals surface area (Å²) in [6.07, 6.45) is 7.38. The molecule has 1 aliphatic carbocycles. The van der Waals surface area contributed by atoms with E-state index >= 15 is 0 Å². The van der Waals surface area contributed by atoms with Crippen molar-refractivity contribution in [2.45, 2.75) is 32.2 Å². The second-order valence-electron chi connectivity index (χ2n) is 5.03. The second kappa shape index (κ2) is 5.92. The van der Waals surface area contributed by atoms with Gasteiger partial charge in [0.25, 0.3) is 0 Å². The van der Waals surface area contributed by atoms with Gasteiger partial charge in [-0.3, -0.25) is 9.78 Å². The summed E-state index contributed by atoms with van der Waals surface area (Å²) in [5.74, 6) is 1.14. The first-order chi connectivity index (χ1) is 8.24. The Morgan fingerprint density at radius 2 is 1.94 bits per heavy atom. The zero-order valence-corrected chi connectivity index (χ0v) is 10.4. The van der Waals surface area contributed by atoms with Crippen molar-refractivity contribution in [1.82, 2.24) is 9.88 Å². The Morgan fingerprint density at radius 1 is 1.29 bits per heavy atom. The smallest absolute Gasteiger partial charge is 0.132 e. The molecule has 0 atom stereocenters. The summed E-state index contributed by atoms with van der Waals surface area (Å²) in [6, 6.07) is 4.11. The van der Waals surface area contributed by atoms with E-state index in [4.69, 9.17) is 0 Å². The SMILES string of the molecule is CN(Cc1ccncc1)CC1CCC(=O)CC1. The number of carbonyl (C=O) groups excluding carboxylic acids is 1. The van der Waals surface area contributed by atoms with Crippen LogP contribution in [-0.4, -0.2) is 29.3 Å². The van der Waals surface area contributed by atoms with Crippen LogP contribution < -0.4 is 0 Å². The van der Waals surface area contributed by atoms with Crippen molar-refractivity contribution in [3.8, 4) is 0 Å². The molecule has 1 aromatic rings. The number of nitrogens with zero attached hydrogens (tertiary/aromatic N) is 2. The van der Waals surface area contributed by atoms with E-state index in [0.29, 0.717) is 11.7 Å². The highest BCUT2D eigenvalue weighted by Crippen LogP contribution is 2.22. The van der Waals surface area contributed by atoms with Gasteiger partial charge in [0.15, 0.2) is 0 Å². The maximum atomic E-state index is 11.2. The van der Waals surface area contributed by atoms with Crippen molar-refractivity contribution in [3.05, 3.63) is 30.1 Å². The van der Waals surface area contributed by atoms with E-state index < -0.39 is 0 Å². The topological polar surface area (TPSA) is 33.2 Å². The molecule has 0 N–H and O–H groups in total. The van der Waals surface area contributed by atoms with Gasteiger partial charge in [0.1, 0.15) is 5.78 Å². The van der Waals surface area contributed by atoms with Crippen LogP contribution in [0.3, 0.4) is 0 Å². The van der Waals surface area contributed by atoms with Crippen LogP contribution in [0.1, 0.15) is 31.2 Å². The van der Waals surface area contributed by atoms with Gasteiger partial charge in [0.2, 0.25) is 0 Å². The molecular weight excluding hydrogens is 212 g/mol. The highest BCUT2D eigenvalue weighted by molar-refractivity contribution is 5.79. The van der Waals surface area contributed by atoms with Crippen LogP contribution in [0.15, 0.2) is 24.5 Å². The lowest BCUT2D eigenvalue weighted by molar-refractivity contribution is -0.121. The fourth-order valence-corrected chi connectivity index (χ4v) is 2.49. The van der Waals surface area contributed by atoms with Gasteiger partial charge in [-0.25, -0.2) is 0 Å². The number of rotatable bonds is 4. The average molecular weight is 232 g/mol. The first kappa shape index (κ1) is 12.2. The van der Waals surface area contributed by atoms with Crippen LogP contribution in [0.25, 0.3) is 0 Å². The third kappa shape index (κ3) is 3.93. The third-order valence-corrected chi connectivity index (χ3v) is 3.43. The molecule has 0 aromatic carbocycles. The Bertz CT molecular complexity index is 354. The van der Waals surface area contributed by atoms with Gasteiger partial charge >= 0.3 is 0 Å². The number of carbonyl (C=O) groups is 1. The van der Waals surface area contributed by atoms with Gasteiger partial charge in [-0.1, -0.05) is 0 Å². The van der Waals surface area contributed by atoms with Crippen molar-refractivity contribution >= 4 is 5.78 Å². The monoisotopic (exact) mass is 232 g/mol. The number of pyridine rings is 1. The Balaban J connectivity index is 1.77. The maximum Gasteiger partial charge on any atom is 0.132 e. The summed E-state index contributed by atoms with van der Waals surface area (Å²) in [7, 11) is 2.15. The Labute approximate surface area is 103 Å². The van der Waals surface area contributed by atoms with Crippen LogP contribution in [0.5, 0.6) is 0 Å². The molecule has 1 heterocycles. The van der Waals surface area contributed by atoms with Crippen LogP contribution in [0.2, 0.25) is 0 Å². The highest BCUT2D eigenvalue weighted by atomic mass is 16.1. The van der Waals surface area contributed by atoms with E-state index in [9.17, 15) is 4.79 Å². The predicted molar refractivity (Wildman–Crippen MR) is 67.5 cm³/mol. The molecule has 0 aliphatic heterocycles. The summed E-state index contributed by atoms with van der Waals surface area (Å²) >= 11 is 0. The van der Waals surface area contributed by atoms with E-state index in [-0.39, 0.29) is 0 Å². The molecule has 0 radical (unpaired) electrons. The van der Waals surface area contributed by atoms with E-state index in [1.54, 1.807) is 0 Å². The third-order valence-electron chi connectivity index (χ3n) is 3.43. The quantitative estimate of drug-likeness (QED) is 0.798. The number of hydrogen-bond donors (Lipinski definition) is 0. The van der Waals surface area contributed by atoms with E-state index in [0.717, 1.165) is 38.8 Å². The van der Waals surface area contributed by atoms with Gasteiger partial charge in [-0.15, -0.1) is 0 Å². The molecule has 1 aromatic heterocycles. The molecule has 17 heavy (non-hydrogen) atoms. The van der Waals surface area contributed by atoms with Gasteiger partial charge in [-0.2, -0.15) is 0 Å². The van der Waals surface area contributed by atoms with Gasteiger partial charge in [0, 0.05) is 38.3 Å². The molecule has 1 aliphatic rings. The number of hydrogen-bond acceptors (Lipinski definition) is 3. The van der Waals surface area contributed by atoms with Gasteiger partial charge in [0.05, 0.1) is 0 Å². The molecule has 0 saturated heterocycles. The van der Waals surface area contributed by atoms with Crippen LogP contribution in [0, 0.1) is 5.92 Å². The predicted octanol–water partition coefficient (Wildman–Crippen LogP) is 2.27. The largest absolute Gasteiger partial charge is 0.302 e. The standard InChI is InChI=1S/C14H20N2O/c1-16(11-13-6-8-15-9-7-13)10-12-2-4-14(17)5-3-12/h6-9,12H,2-5,10-11H2,1H3. The molecule has 0 amide bonds. The molecule has 0 bridgehead atoms. The summed E-state index contributed by atoms with van der Waals surface area (Å²) in [6.45, 7) is 2.06. The molecular formula is C14H20N2O. The lowest BCUT2D eigenvalue weighted by Gasteiger charge is -2.26. The Hall–Kier alpha value is -1.22. The first-order valence-electron chi connectivity index (χ1n) is 6.33. The number of Topliss-reactive ketones (excluding diaryl/α,β-unsaturated/α-hetero) is 1. The summed E-state index contributed by atoms with van der Waals surface area (Å²) in [5.41, 5.74) is 1.30. The lowest BCUT2D eigenvalue weighted by atomic mass is 9.88. The number of aromatic nitrogens is 1. The molecule has 2 rings (SSSR count). The minimum atomic E-state index is 0.443. The molecule has 0 spiro atoms. The summed E-state index contributed by atoms with van der Waals surface area (Å²) in [5, 5.41) is 0. The normalized spacial score (nSPS) is 17.6. The highest BCUT2D eigenvalue weighted by Gasteiger charge is 2.19.